The molecule has 0 saturated carbocycles. The van der Waals surface area contributed by atoms with Crippen molar-refractivity contribution in [3.05, 3.63) is 36.1 Å². The molecule has 0 bridgehead atoms. The highest BCUT2D eigenvalue weighted by Gasteiger charge is 1.90. The maximum Gasteiger partial charge on any atom is 0.330 e. The predicted molar refractivity (Wildman–Crippen MR) is 73.0 cm³/mol. The number of aliphatic hydroxyl groups excluding tert-OH is 2. The highest BCUT2D eigenvalue weighted by Crippen LogP contribution is 1.86. The van der Waals surface area contributed by atoms with Gasteiger partial charge in [0.05, 0.1) is 6.61 Å². The Labute approximate surface area is 113 Å². The van der Waals surface area contributed by atoms with Gasteiger partial charge in [-0.2, -0.15) is 0 Å². The maximum atomic E-state index is 9.60. The lowest BCUT2D eigenvalue weighted by Gasteiger charge is -1.87. The van der Waals surface area contributed by atoms with E-state index in [2.05, 4.69) is 13.2 Å². The molecule has 0 aliphatic rings. The van der Waals surface area contributed by atoms with E-state index >= 15 is 0 Å². The van der Waals surface area contributed by atoms with Crippen molar-refractivity contribution in [2.45, 2.75) is 27.2 Å². The number of rotatable bonds is 4. The summed E-state index contributed by atoms with van der Waals surface area (Å²) in [5, 5.41) is 32.4. The van der Waals surface area contributed by atoms with Gasteiger partial charge in [0.1, 0.15) is 5.76 Å². The first kappa shape index (κ1) is 22.1. The van der Waals surface area contributed by atoms with Crippen LogP contribution in [0.15, 0.2) is 36.1 Å². The molecule has 6 heteroatoms. The van der Waals surface area contributed by atoms with Crippen LogP contribution >= 0.6 is 0 Å². The molecule has 0 heterocycles. The minimum absolute atomic E-state index is 0.0579. The van der Waals surface area contributed by atoms with Gasteiger partial charge in [0.15, 0.2) is 0 Å². The molecule has 0 saturated heterocycles. The van der Waals surface area contributed by atoms with E-state index in [4.69, 9.17) is 20.4 Å². The van der Waals surface area contributed by atoms with Gasteiger partial charge in [0.2, 0.25) is 0 Å². The Hall–Kier alpha value is -2.08. The molecule has 110 valence electrons. The van der Waals surface area contributed by atoms with Gasteiger partial charge in [0.25, 0.3) is 0 Å². The number of aliphatic carboxylic acids is 2. The molecule has 0 fully saturated rings. The smallest absolute Gasteiger partial charge is 0.330 e. The molecular weight excluding hydrogens is 252 g/mol. The fourth-order valence-electron chi connectivity index (χ4n) is 0.300. The van der Waals surface area contributed by atoms with Crippen LogP contribution in [-0.2, 0) is 9.59 Å². The number of carboxylic acid groups (broad SMARTS) is 2. The second-order valence-corrected chi connectivity index (χ2v) is 3.43. The van der Waals surface area contributed by atoms with Gasteiger partial charge in [-0.15, -0.1) is 0 Å². The van der Waals surface area contributed by atoms with E-state index < -0.39 is 11.9 Å². The summed E-state index contributed by atoms with van der Waals surface area (Å²) in [5.74, 6) is -1.81. The Morgan fingerprint density at radius 1 is 1.00 bits per heavy atom. The minimum Gasteiger partial charge on any atom is -0.510 e. The summed E-state index contributed by atoms with van der Waals surface area (Å²) in [6.45, 7) is 10.9. The lowest BCUT2D eigenvalue weighted by molar-refractivity contribution is -0.133. The second-order valence-electron chi connectivity index (χ2n) is 3.43. The van der Waals surface area contributed by atoms with Crippen LogP contribution in [0.4, 0.5) is 0 Å². The summed E-state index contributed by atoms with van der Waals surface area (Å²) in [6, 6.07) is 0. The molecule has 0 aliphatic heterocycles. The monoisotopic (exact) mass is 274 g/mol. The normalized spacial score (nSPS) is 9.16. The maximum absolute atomic E-state index is 9.60. The van der Waals surface area contributed by atoms with Gasteiger partial charge in [-0.05, 0) is 26.3 Å². The number of carboxylic acids is 2. The fraction of sp³-hybridized carbons (Fsp3) is 0.385. The number of aliphatic hydroxyl groups is 2. The highest BCUT2D eigenvalue weighted by molar-refractivity contribution is 5.85. The standard InChI is InChI=1S/C5H10O2.2C4H6O2/c1-2-3-5(7)4-6;2*1-3(2)4(5)6/h3,6-7H,2,4H2,1H3;2*1H2,2H3,(H,5,6). The van der Waals surface area contributed by atoms with E-state index in [1.807, 2.05) is 6.92 Å². The summed E-state index contributed by atoms with van der Waals surface area (Å²) in [5.41, 5.74) is 0.352. The zero-order valence-corrected chi connectivity index (χ0v) is 11.5. The quantitative estimate of drug-likeness (QED) is 0.461. The van der Waals surface area contributed by atoms with E-state index in [0.29, 0.717) is 0 Å². The molecule has 0 unspecified atom stereocenters. The van der Waals surface area contributed by atoms with E-state index in [9.17, 15) is 9.59 Å². The van der Waals surface area contributed by atoms with E-state index in [1.165, 1.54) is 13.8 Å². The summed E-state index contributed by atoms with van der Waals surface area (Å²) < 4.78 is 0. The van der Waals surface area contributed by atoms with E-state index in [0.717, 1.165) is 6.42 Å². The minimum atomic E-state index is -0.935. The third kappa shape index (κ3) is 25.9. The predicted octanol–water partition coefficient (Wildman–Crippen LogP) is 2.12. The van der Waals surface area contributed by atoms with Gasteiger partial charge in [-0.25, -0.2) is 9.59 Å². The molecule has 0 aromatic rings. The fourth-order valence-corrected chi connectivity index (χ4v) is 0.300. The van der Waals surface area contributed by atoms with Crippen molar-refractivity contribution >= 4 is 11.9 Å². The van der Waals surface area contributed by atoms with Crippen LogP contribution in [0.3, 0.4) is 0 Å². The molecule has 0 amide bonds. The van der Waals surface area contributed by atoms with Crippen molar-refractivity contribution < 1.29 is 30.0 Å². The Balaban J connectivity index is -0.000000203. The molecule has 0 aliphatic carbocycles. The first-order valence-corrected chi connectivity index (χ1v) is 5.36. The van der Waals surface area contributed by atoms with E-state index in [1.54, 1.807) is 6.08 Å². The zero-order valence-electron chi connectivity index (χ0n) is 11.5. The van der Waals surface area contributed by atoms with Crippen molar-refractivity contribution in [1.29, 1.82) is 0 Å². The van der Waals surface area contributed by atoms with Crippen molar-refractivity contribution in [2.24, 2.45) is 0 Å². The molecule has 4 N–H and O–H groups in total. The number of hydrogen-bond acceptors (Lipinski definition) is 4. The molecule has 0 spiro atoms. The molecule has 0 radical (unpaired) electrons. The van der Waals surface area contributed by atoms with Gasteiger partial charge < -0.3 is 20.4 Å². The number of carbonyl (C=O) groups is 2. The van der Waals surface area contributed by atoms with Crippen molar-refractivity contribution in [1.82, 2.24) is 0 Å². The molecule has 0 aromatic carbocycles. The lowest BCUT2D eigenvalue weighted by atomic mass is 10.4. The Morgan fingerprint density at radius 3 is 1.32 bits per heavy atom. The van der Waals surface area contributed by atoms with Crippen molar-refractivity contribution in [3.8, 4) is 0 Å². The molecule has 19 heavy (non-hydrogen) atoms. The van der Waals surface area contributed by atoms with Crippen LogP contribution in [0.25, 0.3) is 0 Å². The molecule has 0 atom stereocenters. The Bertz CT molecular complexity index is 293. The van der Waals surface area contributed by atoms with Crippen LogP contribution in [0.2, 0.25) is 0 Å². The second kappa shape index (κ2) is 14.0. The van der Waals surface area contributed by atoms with Crippen LogP contribution in [-0.4, -0.2) is 39.0 Å². The van der Waals surface area contributed by atoms with Gasteiger partial charge in [0, 0.05) is 11.1 Å². The first-order valence-electron chi connectivity index (χ1n) is 5.36. The summed E-state index contributed by atoms with van der Waals surface area (Å²) in [4.78, 5) is 19.2. The number of allylic oxidation sites excluding steroid dienone is 1. The zero-order chi connectivity index (χ0) is 16.0. The summed E-state index contributed by atoms with van der Waals surface area (Å²) in [7, 11) is 0. The third-order valence-electron chi connectivity index (χ3n) is 1.33. The van der Waals surface area contributed by atoms with Crippen LogP contribution in [0.1, 0.15) is 27.2 Å². The summed E-state index contributed by atoms with van der Waals surface area (Å²) in [6.07, 6.45) is 2.34. The largest absolute Gasteiger partial charge is 0.510 e. The van der Waals surface area contributed by atoms with Crippen LogP contribution < -0.4 is 0 Å². The third-order valence-corrected chi connectivity index (χ3v) is 1.33. The average molecular weight is 274 g/mol. The van der Waals surface area contributed by atoms with Gasteiger partial charge in [-0.1, -0.05) is 20.1 Å². The van der Waals surface area contributed by atoms with Gasteiger partial charge >= 0.3 is 11.9 Å². The molecule has 6 nitrogen and oxygen atoms in total. The van der Waals surface area contributed by atoms with Crippen molar-refractivity contribution in [2.75, 3.05) is 6.61 Å². The highest BCUT2D eigenvalue weighted by atomic mass is 16.4. The topological polar surface area (TPSA) is 115 Å². The van der Waals surface area contributed by atoms with Crippen molar-refractivity contribution in [3.63, 3.8) is 0 Å². The van der Waals surface area contributed by atoms with E-state index in [-0.39, 0.29) is 23.5 Å². The average Bonchev–Trinajstić information content (AvgIpc) is 2.30. The Morgan fingerprint density at radius 2 is 1.26 bits per heavy atom. The van der Waals surface area contributed by atoms with Crippen LogP contribution in [0, 0.1) is 0 Å². The molecule has 0 rings (SSSR count). The van der Waals surface area contributed by atoms with Crippen LogP contribution in [0.5, 0.6) is 0 Å². The number of hydrogen-bond donors (Lipinski definition) is 4. The summed E-state index contributed by atoms with van der Waals surface area (Å²) >= 11 is 0. The Kier molecular flexibility index (Phi) is 16.3. The van der Waals surface area contributed by atoms with Gasteiger partial charge in [-0.3, -0.25) is 0 Å². The first-order chi connectivity index (χ1) is 8.59. The lowest BCUT2D eigenvalue weighted by Crippen LogP contribution is -1.92. The molecule has 0 aromatic heterocycles. The molecular formula is C13H22O6. The SMILES string of the molecule is C=C(C)C(=O)O.C=C(C)C(=O)O.CCC=C(O)CO.